The van der Waals surface area contributed by atoms with Gasteiger partial charge < -0.3 is 65.1 Å². The maximum absolute atomic E-state index is 13.4. The molecule has 2 rings (SSSR count). The van der Waals surface area contributed by atoms with Gasteiger partial charge in [0.25, 0.3) is 0 Å². The number of aliphatic hydroxyl groups is 8. The smallest absolute Gasteiger partial charge is 0.220 e. The average molecular weight is 1390 g/mol. The molecule has 9 N–H and O–H groups in total. The van der Waals surface area contributed by atoms with Crippen molar-refractivity contribution in [2.75, 3.05) is 19.8 Å². The molecule has 0 spiro atoms. The van der Waals surface area contributed by atoms with E-state index in [1.54, 1.807) is 6.08 Å². The van der Waals surface area contributed by atoms with Crippen LogP contribution >= 0.6 is 0 Å². The Kier molecular flexibility index (Phi) is 64.8. The van der Waals surface area contributed by atoms with Crippen molar-refractivity contribution in [3.8, 4) is 0 Å². The quantitative estimate of drug-likeness (QED) is 0.0204. The molecule has 98 heavy (non-hydrogen) atoms. The Bertz CT molecular complexity index is 1740. The van der Waals surface area contributed by atoms with Gasteiger partial charge in [0.05, 0.1) is 32.0 Å². The number of carbonyl (C=O) groups excluding carboxylic acids is 1. The van der Waals surface area contributed by atoms with Crippen LogP contribution in [-0.4, -0.2) is 140 Å². The van der Waals surface area contributed by atoms with E-state index in [-0.39, 0.29) is 18.9 Å². The molecule has 0 bridgehead atoms. The number of carbonyl (C=O) groups is 1. The number of allylic oxidation sites excluding steroid dienone is 3. The van der Waals surface area contributed by atoms with Gasteiger partial charge in [-0.15, -0.1) is 0 Å². The second-order valence-corrected chi connectivity index (χ2v) is 30.3. The minimum Gasteiger partial charge on any atom is -0.394 e. The summed E-state index contributed by atoms with van der Waals surface area (Å²) < 4.78 is 22.9. The van der Waals surface area contributed by atoms with Crippen molar-refractivity contribution in [2.45, 2.75) is 485 Å². The van der Waals surface area contributed by atoms with Crippen LogP contribution in [0.5, 0.6) is 0 Å². The SMILES string of the molecule is CCCCCCCCCC/C=C\CCCCCCCCCCCCCCCCCCCCCCCCCCCC(=O)NC(COC1OC(CO)C(OC2OC(CO)C(O)C(O)C2O)C(O)C1O)C(O)/C=C/CCCCCCCCCCCCCCCCCCCCCCCCCCC. The molecule has 0 aromatic carbocycles. The Morgan fingerprint density at radius 3 is 0.969 bits per heavy atom. The van der Waals surface area contributed by atoms with Gasteiger partial charge in [-0.05, 0) is 44.9 Å². The van der Waals surface area contributed by atoms with Gasteiger partial charge in [0.2, 0.25) is 5.91 Å². The molecule has 1 amide bonds. The molecule has 2 aliphatic rings. The Labute approximate surface area is 602 Å². The second kappa shape index (κ2) is 68.6. The van der Waals surface area contributed by atoms with E-state index in [0.717, 1.165) is 38.5 Å². The molecule has 14 nitrogen and oxygen atoms in total. The van der Waals surface area contributed by atoms with E-state index in [9.17, 15) is 45.6 Å². The highest BCUT2D eigenvalue weighted by Crippen LogP contribution is 2.31. The minimum atomic E-state index is -1.79. The molecule has 2 aliphatic heterocycles. The van der Waals surface area contributed by atoms with Gasteiger partial charge in [-0.3, -0.25) is 4.79 Å². The highest BCUT2D eigenvalue weighted by Gasteiger charge is 2.51. The number of aliphatic hydroxyl groups excluding tert-OH is 8. The van der Waals surface area contributed by atoms with E-state index in [1.165, 1.54) is 347 Å². The lowest BCUT2D eigenvalue weighted by atomic mass is 9.97. The van der Waals surface area contributed by atoms with Crippen LogP contribution in [0.25, 0.3) is 0 Å². The summed E-state index contributed by atoms with van der Waals surface area (Å²) in [5, 5.41) is 87.8. The molecule has 580 valence electrons. The lowest BCUT2D eigenvalue weighted by Gasteiger charge is -2.46. The summed E-state index contributed by atoms with van der Waals surface area (Å²) in [4.78, 5) is 13.4. The summed E-state index contributed by atoms with van der Waals surface area (Å²) in [7, 11) is 0. The lowest BCUT2D eigenvalue weighted by molar-refractivity contribution is -0.359. The van der Waals surface area contributed by atoms with Crippen molar-refractivity contribution in [3.05, 3.63) is 24.3 Å². The Morgan fingerprint density at radius 2 is 0.643 bits per heavy atom. The summed E-state index contributed by atoms with van der Waals surface area (Å²) in [6.45, 7) is 2.88. The molecule has 0 aromatic rings. The molecule has 2 saturated heterocycles. The third kappa shape index (κ3) is 50.8. The van der Waals surface area contributed by atoms with Crippen LogP contribution in [0, 0.1) is 0 Å². The number of unbranched alkanes of at least 4 members (excludes halogenated alkanes) is 58. The van der Waals surface area contributed by atoms with E-state index >= 15 is 0 Å². The molecular formula is C84H161NO13. The van der Waals surface area contributed by atoms with Gasteiger partial charge in [-0.25, -0.2) is 0 Å². The zero-order chi connectivity index (χ0) is 70.8. The number of amides is 1. The first-order valence-corrected chi connectivity index (χ1v) is 42.6. The van der Waals surface area contributed by atoms with Crippen LogP contribution in [0.3, 0.4) is 0 Å². The molecule has 14 heteroatoms. The molecule has 2 fully saturated rings. The third-order valence-corrected chi connectivity index (χ3v) is 21.1. The van der Waals surface area contributed by atoms with Gasteiger partial charge in [0, 0.05) is 6.42 Å². The largest absolute Gasteiger partial charge is 0.394 e. The standard InChI is InChI=1S/C84H161NO13/c1-3-5-7-9-11-13-15-17-19-21-23-25-27-29-31-32-33-34-35-36-37-38-39-40-42-44-46-48-50-52-54-56-58-60-62-64-66-68-76(89)85-72(71-95-83-81(94)79(92)82(75(70-87)97-83)98-84-80(93)78(91)77(90)74(69-86)96-84)73(88)67-65-63-61-59-57-55-53-51-49-47-45-43-41-30-28-26-24-22-20-18-16-14-12-10-8-6-4-2/h21,23,65,67,72-75,77-84,86-88,90-94H,3-20,22,24-64,66,68-71H2,1-2H3,(H,85,89)/b23-21-,67-65+. The summed E-state index contributed by atoms with van der Waals surface area (Å²) in [5.41, 5.74) is 0. The Hall–Kier alpha value is -1.53. The van der Waals surface area contributed by atoms with Crippen LogP contribution in [0.1, 0.15) is 412 Å². The number of nitrogens with one attached hydrogen (secondary N) is 1. The Morgan fingerprint density at radius 1 is 0.357 bits per heavy atom. The van der Waals surface area contributed by atoms with Gasteiger partial charge in [-0.1, -0.05) is 385 Å². The van der Waals surface area contributed by atoms with Crippen LogP contribution in [0.4, 0.5) is 0 Å². The third-order valence-electron chi connectivity index (χ3n) is 21.1. The molecular weight excluding hydrogens is 1230 g/mol. The number of ether oxygens (including phenoxy) is 4. The van der Waals surface area contributed by atoms with Crippen molar-refractivity contribution < 1.29 is 64.6 Å². The average Bonchev–Trinajstić information content (AvgIpc) is 0.793. The maximum Gasteiger partial charge on any atom is 0.220 e. The predicted octanol–water partition coefficient (Wildman–Crippen LogP) is 19.8. The summed E-state index contributed by atoms with van der Waals surface area (Å²) in [6, 6.07) is -0.914. The molecule has 12 unspecified atom stereocenters. The lowest BCUT2D eigenvalue weighted by Crippen LogP contribution is -2.65. The number of hydrogen-bond donors (Lipinski definition) is 9. The van der Waals surface area contributed by atoms with Crippen molar-refractivity contribution in [2.24, 2.45) is 0 Å². The first-order chi connectivity index (χ1) is 48.1. The van der Waals surface area contributed by atoms with Crippen molar-refractivity contribution >= 4 is 5.91 Å². The fourth-order valence-corrected chi connectivity index (χ4v) is 14.4. The summed E-state index contributed by atoms with van der Waals surface area (Å²) >= 11 is 0. The minimum absolute atomic E-state index is 0.229. The second-order valence-electron chi connectivity index (χ2n) is 30.3. The fourth-order valence-electron chi connectivity index (χ4n) is 14.4. The molecule has 0 aromatic heterocycles. The molecule has 12 atom stereocenters. The first kappa shape index (κ1) is 92.6. The zero-order valence-electron chi connectivity index (χ0n) is 63.8. The van der Waals surface area contributed by atoms with Gasteiger partial charge in [0.15, 0.2) is 12.6 Å². The maximum atomic E-state index is 13.4. The Balaban J connectivity index is 1.58. The number of rotatable bonds is 73. The van der Waals surface area contributed by atoms with Crippen LogP contribution in [-0.2, 0) is 23.7 Å². The number of hydrogen-bond acceptors (Lipinski definition) is 13. The van der Waals surface area contributed by atoms with E-state index in [4.69, 9.17) is 18.9 Å². The normalized spacial score (nSPS) is 22.1. The van der Waals surface area contributed by atoms with Crippen LogP contribution < -0.4 is 5.32 Å². The van der Waals surface area contributed by atoms with Gasteiger partial charge >= 0.3 is 0 Å². The summed E-state index contributed by atoms with van der Waals surface area (Å²) in [6.07, 6.45) is 72.8. The summed E-state index contributed by atoms with van der Waals surface area (Å²) in [5.74, 6) is -0.229. The van der Waals surface area contributed by atoms with Crippen molar-refractivity contribution in [1.29, 1.82) is 0 Å². The van der Waals surface area contributed by atoms with E-state index in [2.05, 4.69) is 31.3 Å². The topological polar surface area (TPSA) is 228 Å². The molecule has 0 radical (unpaired) electrons. The van der Waals surface area contributed by atoms with Crippen molar-refractivity contribution in [1.82, 2.24) is 5.32 Å². The predicted molar refractivity (Wildman–Crippen MR) is 406 cm³/mol. The van der Waals surface area contributed by atoms with Gasteiger partial charge in [0.1, 0.15) is 48.8 Å². The van der Waals surface area contributed by atoms with Crippen molar-refractivity contribution in [3.63, 3.8) is 0 Å². The molecule has 0 saturated carbocycles. The molecule has 0 aliphatic carbocycles. The van der Waals surface area contributed by atoms with E-state index in [1.807, 2.05) is 6.08 Å². The molecule has 2 heterocycles. The first-order valence-electron chi connectivity index (χ1n) is 42.6. The fraction of sp³-hybridized carbons (Fsp3) is 0.940. The van der Waals surface area contributed by atoms with Crippen LogP contribution in [0.15, 0.2) is 24.3 Å². The van der Waals surface area contributed by atoms with Gasteiger partial charge in [-0.2, -0.15) is 0 Å². The monoisotopic (exact) mass is 1390 g/mol. The van der Waals surface area contributed by atoms with Crippen LogP contribution in [0.2, 0.25) is 0 Å². The highest BCUT2D eigenvalue weighted by molar-refractivity contribution is 5.76. The zero-order valence-corrected chi connectivity index (χ0v) is 63.8. The van der Waals surface area contributed by atoms with E-state index < -0.39 is 86.8 Å². The van der Waals surface area contributed by atoms with E-state index in [0.29, 0.717) is 6.42 Å². The highest BCUT2D eigenvalue weighted by atomic mass is 16.7.